The van der Waals surface area contributed by atoms with Crippen molar-refractivity contribution in [3.05, 3.63) is 22.7 Å². The summed E-state index contributed by atoms with van der Waals surface area (Å²) < 4.78 is 6.61. The monoisotopic (exact) mass is 324 g/mol. The molecule has 1 aromatic heterocycles. The summed E-state index contributed by atoms with van der Waals surface area (Å²) in [5.41, 5.74) is 1.77. The molecule has 0 aliphatic heterocycles. The van der Waals surface area contributed by atoms with Gasteiger partial charge in [0.2, 0.25) is 0 Å². The Hall–Kier alpha value is -1.07. The maximum Gasteiger partial charge on any atom is 0.295 e. The molecule has 2 aromatic rings. The van der Waals surface area contributed by atoms with E-state index in [-0.39, 0.29) is 12.0 Å². The van der Waals surface area contributed by atoms with Crippen molar-refractivity contribution in [2.75, 3.05) is 18.5 Å². The zero-order valence-corrected chi connectivity index (χ0v) is 12.2. The number of rotatable bonds is 5. The van der Waals surface area contributed by atoms with Crippen LogP contribution >= 0.6 is 15.9 Å². The van der Waals surface area contributed by atoms with Crippen LogP contribution in [0.4, 0.5) is 6.01 Å². The molecule has 1 saturated carbocycles. The predicted molar refractivity (Wildman–Crippen MR) is 78.2 cm³/mol. The zero-order valence-electron chi connectivity index (χ0n) is 10.7. The fourth-order valence-corrected chi connectivity index (χ4v) is 2.92. The van der Waals surface area contributed by atoms with Crippen LogP contribution in [0.1, 0.15) is 25.7 Å². The third-order valence-electron chi connectivity index (χ3n) is 4.03. The van der Waals surface area contributed by atoms with E-state index in [2.05, 4.69) is 26.2 Å². The van der Waals surface area contributed by atoms with E-state index in [4.69, 9.17) is 4.42 Å². The molecule has 0 unspecified atom stereocenters. The molecule has 0 radical (unpaired) electrons. The average molecular weight is 325 g/mol. The minimum Gasteiger partial charge on any atom is -0.424 e. The standard InChI is InChI=1S/C14H17BrN2O2/c15-10-2-3-12-11(8-10)17-13(19-12)16-7-6-14(9-18)4-1-5-14/h2-3,8,18H,1,4-7,9H2,(H,16,17). The van der Waals surface area contributed by atoms with Gasteiger partial charge in [-0.25, -0.2) is 0 Å². The van der Waals surface area contributed by atoms with E-state index < -0.39 is 0 Å². The Morgan fingerprint density at radius 2 is 2.26 bits per heavy atom. The molecule has 1 aliphatic rings. The smallest absolute Gasteiger partial charge is 0.295 e. The first-order chi connectivity index (χ1) is 9.21. The van der Waals surface area contributed by atoms with Crippen molar-refractivity contribution in [3.63, 3.8) is 0 Å². The molecule has 0 bridgehead atoms. The van der Waals surface area contributed by atoms with Crippen LogP contribution in [0.3, 0.4) is 0 Å². The summed E-state index contributed by atoms with van der Waals surface area (Å²) in [7, 11) is 0. The van der Waals surface area contributed by atoms with E-state index >= 15 is 0 Å². The van der Waals surface area contributed by atoms with Crippen molar-refractivity contribution >= 4 is 33.0 Å². The third kappa shape index (κ3) is 2.62. The van der Waals surface area contributed by atoms with Crippen molar-refractivity contribution in [2.24, 2.45) is 5.41 Å². The number of aliphatic hydroxyl groups excluding tert-OH is 1. The normalized spacial score (nSPS) is 17.4. The number of benzene rings is 1. The summed E-state index contributed by atoms with van der Waals surface area (Å²) in [6.45, 7) is 1.07. The van der Waals surface area contributed by atoms with Crippen LogP contribution in [0.25, 0.3) is 11.1 Å². The molecule has 0 spiro atoms. The number of nitrogens with zero attached hydrogens (tertiary/aromatic N) is 1. The lowest BCUT2D eigenvalue weighted by Gasteiger charge is -2.40. The van der Waals surface area contributed by atoms with Crippen LogP contribution < -0.4 is 5.32 Å². The quantitative estimate of drug-likeness (QED) is 0.883. The molecule has 1 aromatic carbocycles. The molecule has 2 N–H and O–H groups in total. The highest BCUT2D eigenvalue weighted by Crippen LogP contribution is 2.43. The molecule has 0 amide bonds. The van der Waals surface area contributed by atoms with Crippen LogP contribution in [0.15, 0.2) is 27.1 Å². The number of fused-ring (bicyclic) bond motifs is 1. The summed E-state index contributed by atoms with van der Waals surface area (Å²) in [5.74, 6) is 0. The van der Waals surface area contributed by atoms with E-state index in [1.165, 1.54) is 6.42 Å². The van der Waals surface area contributed by atoms with Gasteiger partial charge in [0.1, 0.15) is 5.52 Å². The second-order valence-electron chi connectivity index (χ2n) is 5.32. The highest BCUT2D eigenvalue weighted by atomic mass is 79.9. The summed E-state index contributed by atoms with van der Waals surface area (Å²) in [6.07, 6.45) is 4.46. The van der Waals surface area contributed by atoms with Gasteiger partial charge in [0.05, 0.1) is 0 Å². The largest absolute Gasteiger partial charge is 0.424 e. The average Bonchev–Trinajstić information content (AvgIpc) is 2.74. The van der Waals surface area contributed by atoms with Gasteiger partial charge in [-0.1, -0.05) is 22.4 Å². The predicted octanol–water partition coefficient (Wildman–Crippen LogP) is 3.55. The fraction of sp³-hybridized carbons (Fsp3) is 0.500. The van der Waals surface area contributed by atoms with Crippen molar-refractivity contribution in [1.82, 2.24) is 4.98 Å². The highest BCUT2D eigenvalue weighted by Gasteiger charge is 2.35. The summed E-state index contributed by atoms with van der Waals surface area (Å²) in [6, 6.07) is 6.33. The van der Waals surface area contributed by atoms with E-state index in [1.807, 2.05) is 18.2 Å². The minimum absolute atomic E-state index is 0.141. The van der Waals surface area contributed by atoms with E-state index in [1.54, 1.807) is 0 Å². The van der Waals surface area contributed by atoms with E-state index in [9.17, 15) is 5.11 Å². The number of anilines is 1. The summed E-state index contributed by atoms with van der Waals surface area (Å²) in [5, 5.41) is 12.6. The van der Waals surface area contributed by atoms with Crippen LogP contribution in [0, 0.1) is 5.41 Å². The molecular weight excluding hydrogens is 308 g/mol. The van der Waals surface area contributed by atoms with Gasteiger partial charge in [0.25, 0.3) is 6.01 Å². The maximum absolute atomic E-state index is 9.41. The molecule has 19 heavy (non-hydrogen) atoms. The summed E-state index contributed by atoms with van der Waals surface area (Å²) in [4.78, 5) is 4.39. The van der Waals surface area contributed by atoms with Gasteiger partial charge in [-0.3, -0.25) is 0 Å². The Labute approximate surface area is 120 Å². The van der Waals surface area contributed by atoms with Crippen molar-refractivity contribution in [3.8, 4) is 0 Å². The lowest BCUT2D eigenvalue weighted by molar-refractivity contribution is 0.0395. The van der Waals surface area contributed by atoms with Gasteiger partial charge in [0.15, 0.2) is 5.58 Å². The van der Waals surface area contributed by atoms with Gasteiger partial charge in [0, 0.05) is 17.6 Å². The molecule has 1 fully saturated rings. The molecular formula is C14H17BrN2O2. The number of aromatic nitrogens is 1. The molecule has 1 heterocycles. The maximum atomic E-state index is 9.41. The molecule has 5 heteroatoms. The molecule has 0 saturated heterocycles. The first-order valence-corrected chi connectivity index (χ1v) is 7.41. The molecule has 102 valence electrons. The summed E-state index contributed by atoms with van der Waals surface area (Å²) >= 11 is 3.42. The molecule has 4 nitrogen and oxygen atoms in total. The second kappa shape index (κ2) is 5.13. The number of oxazole rings is 1. The SMILES string of the molecule is OCC1(CCNc2nc3cc(Br)ccc3o2)CCC1. The first-order valence-electron chi connectivity index (χ1n) is 6.62. The molecule has 3 rings (SSSR count). The van der Waals surface area contributed by atoms with E-state index in [0.717, 1.165) is 41.4 Å². The fourth-order valence-electron chi connectivity index (χ4n) is 2.57. The number of nitrogens with one attached hydrogen (secondary N) is 1. The van der Waals surface area contributed by atoms with Gasteiger partial charge in [-0.15, -0.1) is 0 Å². The van der Waals surface area contributed by atoms with Gasteiger partial charge in [-0.05, 0) is 42.9 Å². The first kappa shape index (κ1) is 12.9. The lowest BCUT2D eigenvalue weighted by atomic mass is 9.67. The second-order valence-corrected chi connectivity index (χ2v) is 6.24. The van der Waals surface area contributed by atoms with E-state index in [0.29, 0.717) is 6.01 Å². The van der Waals surface area contributed by atoms with Crippen molar-refractivity contribution in [2.45, 2.75) is 25.7 Å². The van der Waals surface area contributed by atoms with Crippen LogP contribution in [0.2, 0.25) is 0 Å². The Kier molecular flexibility index (Phi) is 3.50. The number of aliphatic hydroxyl groups is 1. The van der Waals surface area contributed by atoms with Gasteiger partial charge in [-0.2, -0.15) is 4.98 Å². The number of hydrogen-bond donors (Lipinski definition) is 2. The Bertz CT molecular complexity index is 572. The topological polar surface area (TPSA) is 58.3 Å². The number of hydrogen-bond acceptors (Lipinski definition) is 4. The lowest BCUT2D eigenvalue weighted by Crippen LogP contribution is -2.35. The zero-order chi connectivity index (χ0) is 13.3. The Morgan fingerprint density at radius 1 is 1.42 bits per heavy atom. The van der Waals surface area contributed by atoms with Gasteiger partial charge >= 0.3 is 0 Å². The van der Waals surface area contributed by atoms with Crippen LogP contribution in [-0.2, 0) is 0 Å². The Balaban J connectivity index is 1.62. The highest BCUT2D eigenvalue weighted by molar-refractivity contribution is 9.10. The Morgan fingerprint density at radius 3 is 2.95 bits per heavy atom. The van der Waals surface area contributed by atoms with Crippen LogP contribution in [-0.4, -0.2) is 23.2 Å². The number of halogens is 1. The van der Waals surface area contributed by atoms with Gasteiger partial charge < -0.3 is 14.8 Å². The minimum atomic E-state index is 0.141. The molecule has 1 aliphatic carbocycles. The van der Waals surface area contributed by atoms with Crippen molar-refractivity contribution in [1.29, 1.82) is 0 Å². The molecule has 0 atom stereocenters. The van der Waals surface area contributed by atoms with Crippen molar-refractivity contribution < 1.29 is 9.52 Å². The van der Waals surface area contributed by atoms with Crippen LogP contribution in [0.5, 0.6) is 0 Å². The third-order valence-corrected chi connectivity index (χ3v) is 4.52.